The van der Waals surface area contributed by atoms with Crippen LogP contribution in [-0.4, -0.2) is 0 Å². The van der Waals surface area contributed by atoms with Gasteiger partial charge in [-0.15, -0.1) is 0 Å². The summed E-state index contributed by atoms with van der Waals surface area (Å²) in [5.41, 5.74) is 7.66. The summed E-state index contributed by atoms with van der Waals surface area (Å²) in [7, 11) is 0. The number of hydrogen-bond donors (Lipinski definition) is 1. The molecule has 0 radical (unpaired) electrons. The normalized spacial score (nSPS) is 11.9. The Kier molecular flexibility index (Phi) is 4.74. The molecule has 0 spiro atoms. The second-order valence-corrected chi connectivity index (χ2v) is 4.54. The van der Waals surface area contributed by atoms with Crippen molar-refractivity contribution in [3.8, 4) is 6.07 Å². The molecule has 0 bridgehead atoms. The van der Waals surface area contributed by atoms with Crippen LogP contribution in [0.25, 0.3) is 5.70 Å². The fraction of sp³-hybridized carbons (Fsp3) is 0.250. The number of nitrogens with zero attached hydrogens (tertiary/aromatic N) is 1. The molecule has 0 fully saturated rings. The standard InChI is InChI=1S/C12H12FIN2/c1-2-3-8(7-15)12(16)10-5-4-9(13)6-11(10)14/h4-6H,2-3,16H2,1H3/b12-8-. The highest BCUT2D eigenvalue weighted by molar-refractivity contribution is 14.1. The molecule has 0 saturated heterocycles. The van der Waals surface area contributed by atoms with Crippen molar-refractivity contribution in [2.75, 3.05) is 0 Å². The molecule has 2 nitrogen and oxygen atoms in total. The van der Waals surface area contributed by atoms with Crippen molar-refractivity contribution in [1.29, 1.82) is 5.26 Å². The molecule has 0 aliphatic carbocycles. The molecule has 0 atom stereocenters. The van der Waals surface area contributed by atoms with Gasteiger partial charge in [0, 0.05) is 9.13 Å². The number of benzene rings is 1. The van der Waals surface area contributed by atoms with Crippen LogP contribution >= 0.6 is 22.6 Å². The van der Waals surface area contributed by atoms with E-state index in [0.29, 0.717) is 17.7 Å². The van der Waals surface area contributed by atoms with Crippen LogP contribution < -0.4 is 5.73 Å². The lowest BCUT2D eigenvalue weighted by Crippen LogP contribution is -2.03. The lowest BCUT2D eigenvalue weighted by atomic mass is 10.0. The maximum atomic E-state index is 12.9. The van der Waals surface area contributed by atoms with E-state index in [1.165, 1.54) is 12.1 Å². The quantitative estimate of drug-likeness (QED) is 0.682. The van der Waals surface area contributed by atoms with Gasteiger partial charge in [0.1, 0.15) is 5.82 Å². The minimum absolute atomic E-state index is 0.296. The van der Waals surface area contributed by atoms with Gasteiger partial charge >= 0.3 is 0 Å². The third-order valence-electron chi connectivity index (χ3n) is 2.18. The van der Waals surface area contributed by atoms with Crippen LogP contribution in [-0.2, 0) is 0 Å². The van der Waals surface area contributed by atoms with E-state index in [9.17, 15) is 4.39 Å². The monoisotopic (exact) mass is 330 g/mol. The Morgan fingerprint density at radius 1 is 1.56 bits per heavy atom. The molecule has 1 rings (SSSR count). The Bertz CT molecular complexity index is 461. The zero-order chi connectivity index (χ0) is 12.1. The van der Waals surface area contributed by atoms with Gasteiger partial charge in [0.2, 0.25) is 0 Å². The average Bonchev–Trinajstić information content (AvgIpc) is 2.25. The van der Waals surface area contributed by atoms with Crippen molar-refractivity contribution in [3.63, 3.8) is 0 Å². The smallest absolute Gasteiger partial charge is 0.124 e. The van der Waals surface area contributed by atoms with Gasteiger partial charge in [-0.1, -0.05) is 13.3 Å². The number of rotatable bonds is 3. The van der Waals surface area contributed by atoms with E-state index in [-0.39, 0.29) is 5.82 Å². The molecule has 0 heterocycles. The number of nitriles is 1. The van der Waals surface area contributed by atoms with Gasteiger partial charge in [0.25, 0.3) is 0 Å². The van der Waals surface area contributed by atoms with Crippen molar-refractivity contribution in [3.05, 3.63) is 38.7 Å². The van der Waals surface area contributed by atoms with Gasteiger partial charge in [-0.2, -0.15) is 5.26 Å². The van der Waals surface area contributed by atoms with E-state index in [0.717, 1.165) is 15.6 Å². The fourth-order valence-electron chi connectivity index (χ4n) is 1.37. The van der Waals surface area contributed by atoms with Crippen molar-refractivity contribution in [2.45, 2.75) is 19.8 Å². The number of nitrogens with two attached hydrogens (primary N) is 1. The summed E-state index contributed by atoms with van der Waals surface area (Å²) < 4.78 is 13.6. The SMILES string of the molecule is CCC/C(C#N)=C(/N)c1ccc(F)cc1I. The van der Waals surface area contributed by atoms with Crippen LogP contribution in [0.1, 0.15) is 25.3 Å². The molecule has 1 aromatic rings. The van der Waals surface area contributed by atoms with Crippen molar-refractivity contribution < 1.29 is 4.39 Å². The second-order valence-electron chi connectivity index (χ2n) is 3.38. The first kappa shape index (κ1) is 13.0. The second kappa shape index (κ2) is 5.85. The first-order valence-electron chi connectivity index (χ1n) is 4.94. The minimum atomic E-state index is -0.296. The first-order chi connectivity index (χ1) is 7.60. The Hall–Kier alpha value is -1.09. The molecule has 0 saturated carbocycles. The molecule has 0 aromatic heterocycles. The van der Waals surface area contributed by atoms with Gasteiger partial charge in [0.05, 0.1) is 17.3 Å². The van der Waals surface area contributed by atoms with Crippen LogP contribution in [0.4, 0.5) is 4.39 Å². The van der Waals surface area contributed by atoms with E-state index in [1.807, 2.05) is 29.5 Å². The van der Waals surface area contributed by atoms with E-state index in [4.69, 9.17) is 11.0 Å². The number of halogens is 2. The average molecular weight is 330 g/mol. The lowest BCUT2D eigenvalue weighted by molar-refractivity contribution is 0.626. The van der Waals surface area contributed by atoms with E-state index in [1.54, 1.807) is 6.07 Å². The maximum Gasteiger partial charge on any atom is 0.124 e. The maximum absolute atomic E-state index is 12.9. The Morgan fingerprint density at radius 2 is 2.25 bits per heavy atom. The molecule has 4 heteroatoms. The highest BCUT2D eigenvalue weighted by atomic mass is 127. The third-order valence-corrected chi connectivity index (χ3v) is 3.07. The predicted octanol–water partition coefficient (Wildman–Crippen LogP) is 3.42. The summed E-state index contributed by atoms with van der Waals surface area (Å²) in [5.74, 6) is -0.296. The predicted molar refractivity (Wildman–Crippen MR) is 70.7 cm³/mol. The molecule has 84 valence electrons. The fourth-order valence-corrected chi connectivity index (χ4v) is 2.14. The Labute approximate surface area is 108 Å². The summed E-state index contributed by atoms with van der Waals surface area (Å²) in [6.45, 7) is 1.99. The molecule has 0 aliphatic rings. The minimum Gasteiger partial charge on any atom is -0.397 e. The highest BCUT2D eigenvalue weighted by Gasteiger charge is 2.09. The largest absolute Gasteiger partial charge is 0.397 e. The molecular formula is C12H12FIN2. The summed E-state index contributed by atoms with van der Waals surface area (Å²) >= 11 is 2.02. The molecule has 0 aliphatic heterocycles. The first-order valence-corrected chi connectivity index (χ1v) is 6.02. The van der Waals surface area contributed by atoms with Crippen LogP contribution in [0.2, 0.25) is 0 Å². The molecule has 1 aromatic carbocycles. The molecular weight excluding hydrogens is 318 g/mol. The number of allylic oxidation sites excluding steroid dienone is 1. The zero-order valence-corrected chi connectivity index (χ0v) is 11.1. The lowest BCUT2D eigenvalue weighted by Gasteiger charge is -2.07. The van der Waals surface area contributed by atoms with Crippen molar-refractivity contribution in [2.24, 2.45) is 5.73 Å². The van der Waals surface area contributed by atoms with Gasteiger partial charge in [0.15, 0.2) is 0 Å². The topological polar surface area (TPSA) is 49.8 Å². The summed E-state index contributed by atoms with van der Waals surface area (Å²) in [6.07, 6.45) is 1.51. The van der Waals surface area contributed by atoms with Gasteiger partial charge in [-0.25, -0.2) is 4.39 Å². The molecule has 0 unspecified atom stereocenters. The molecule has 0 amide bonds. The van der Waals surface area contributed by atoms with Gasteiger partial charge < -0.3 is 5.73 Å². The Balaban J connectivity index is 3.22. The van der Waals surface area contributed by atoms with E-state index < -0.39 is 0 Å². The molecule has 2 N–H and O–H groups in total. The summed E-state index contributed by atoms with van der Waals surface area (Å²) in [5, 5.41) is 8.97. The van der Waals surface area contributed by atoms with Gasteiger partial charge in [-0.05, 0) is 47.2 Å². The number of hydrogen-bond acceptors (Lipinski definition) is 2. The van der Waals surface area contributed by atoms with Crippen LogP contribution in [0, 0.1) is 20.7 Å². The Morgan fingerprint density at radius 3 is 2.75 bits per heavy atom. The summed E-state index contributed by atoms with van der Waals surface area (Å²) in [4.78, 5) is 0. The zero-order valence-electron chi connectivity index (χ0n) is 8.93. The van der Waals surface area contributed by atoms with E-state index >= 15 is 0 Å². The third kappa shape index (κ3) is 2.95. The highest BCUT2D eigenvalue weighted by Crippen LogP contribution is 2.22. The van der Waals surface area contributed by atoms with Crippen molar-refractivity contribution >= 4 is 28.3 Å². The van der Waals surface area contributed by atoms with Crippen molar-refractivity contribution in [1.82, 2.24) is 0 Å². The molecule has 16 heavy (non-hydrogen) atoms. The van der Waals surface area contributed by atoms with E-state index in [2.05, 4.69) is 6.07 Å². The van der Waals surface area contributed by atoms with Crippen LogP contribution in [0.15, 0.2) is 23.8 Å². The summed E-state index contributed by atoms with van der Waals surface area (Å²) in [6, 6.07) is 6.47. The van der Waals surface area contributed by atoms with Gasteiger partial charge in [-0.3, -0.25) is 0 Å². The van der Waals surface area contributed by atoms with Crippen LogP contribution in [0.3, 0.4) is 0 Å². The van der Waals surface area contributed by atoms with Crippen LogP contribution in [0.5, 0.6) is 0 Å².